The Balaban J connectivity index is 2.38. The molecule has 0 unspecified atom stereocenters. The zero-order valence-electron chi connectivity index (χ0n) is 12.3. The standard InChI is InChI=1S/C14H18N2O6S/c17-12(15-8-4-7-14(19)20)9-23(21,22)10-13(18)16-11-5-2-1-3-6-11/h1-3,5-6H,4,7-10H2,(H,15,17)(H,16,18)(H,19,20). The summed E-state index contributed by atoms with van der Waals surface area (Å²) < 4.78 is 23.5. The van der Waals surface area contributed by atoms with Crippen LogP contribution in [0.1, 0.15) is 12.8 Å². The van der Waals surface area contributed by atoms with Crippen molar-refractivity contribution < 1.29 is 27.9 Å². The van der Waals surface area contributed by atoms with Gasteiger partial charge in [0.05, 0.1) is 0 Å². The van der Waals surface area contributed by atoms with Crippen molar-refractivity contribution in [3.63, 3.8) is 0 Å². The van der Waals surface area contributed by atoms with Gasteiger partial charge in [0, 0.05) is 18.7 Å². The Morgan fingerprint density at radius 1 is 1.00 bits per heavy atom. The van der Waals surface area contributed by atoms with Gasteiger partial charge in [0.1, 0.15) is 11.5 Å². The number of aliphatic carboxylic acids is 1. The summed E-state index contributed by atoms with van der Waals surface area (Å²) in [6.07, 6.45) is 0.0854. The van der Waals surface area contributed by atoms with Crippen LogP contribution in [-0.4, -0.2) is 49.4 Å². The van der Waals surface area contributed by atoms with Crippen molar-refractivity contribution in [2.45, 2.75) is 12.8 Å². The summed E-state index contributed by atoms with van der Waals surface area (Å²) in [5, 5.41) is 13.2. The molecule has 0 aliphatic heterocycles. The highest BCUT2D eigenvalue weighted by Crippen LogP contribution is 2.05. The quantitative estimate of drug-likeness (QED) is 0.543. The normalized spacial score (nSPS) is 10.8. The molecule has 0 aromatic heterocycles. The second-order valence-corrected chi connectivity index (χ2v) is 6.86. The molecule has 9 heteroatoms. The third-order valence-corrected chi connectivity index (χ3v) is 4.05. The SMILES string of the molecule is O=C(O)CCCNC(=O)CS(=O)(=O)CC(=O)Nc1ccccc1. The van der Waals surface area contributed by atoms with Gasteiger partial charge in [-0.25, -0.2) is 8.42 Å². The van der Waals surface area contributed by atoms with Crippen LogP contribution in [-0.2, 0) is 24.2 Å². The van der Waals surface area contributed by atoms with E-state index in [1.165, 1.54) is 0 Å². The van der Waals surface area contributed by atoms with Gasteiger partial charge >= 0.3 is 5.97 Å². The van der Waals surface area contributed by atoms with Gasteiger partial charge in [0.2, 0.25) is 11.8 Å². The van der Waals surface area contributed by atoms with E-state index in [9.17, 15) is 22.8 Å². The number of rotatable bonds is 9. The number of hydrogen-bond donors (Lipinski definition) is 3. The first kappa shape index (κ1) is 18.6. The number of hydrogen-bond acceptors (Lipinski definition) is 5. The van der Waals surface area contributed by atoms with Crippen LogP contribution in [0.15, 0.2) is 30.3 Å². The van der Waals surface area contributed by atoms with E-state index in [0.29, 0.717) is 5.69 Å². The van der Waals surface area contributed by atoms with E-state index in [1.54, 1.807) is 30.3 Å². The Labute approximate surface area is 133 Å². The summed E-state index contributed by atoms with van der Waals surface area (Å²) in [7, 11) is -3.89. The Kier molecular flexibility index (Phi) is 7.20. The summed E-state index contributed by atoms with van der Waals surface area (Å²) >= 11 is 0. The smallest absolute Gasteiger partial charge is 0.303 e. The van der Waals surface area contributed by atoms with E-state index >= 15 is 0 Å². The molecule has 1 rings (SSSR count). The molecule has 0 heterocycles. The molecule has 0 aliphatic carbocycles. The van der Waals surface area contributed by atoms with Crippen LogP contribution in [0, 0.1) is 0 Å². The molecule has 1 aromatic rings. The van der Waals surface area contributed by atoms with Crippen molar-refractivity contribution >= 4 is 33.3 Å². The van der Waals surface area contributed by atoms with Crippen molar-refractivity contribution in [3.05, 3.63) is 30.3 Å². The molecule has 0 saturated heterocycles. The Bertz CT molecular complexity index is 657. The molecule has 0 atom stereocenters. The summed E-state index contributed by atoms with van der Waals surface area (Å²) in [6.45, 7) is 0.0663. The summed E-state index contributed by atoms with van der Waals surface area (Å²) in [5.41, 5.74) is 0.464. The van der Waals surface area contributed by atoms with Gasteiger partial charge in [0.25, 0.3) is 0 Å². The average Bonchev–Trinajstić information content (AvgIpc) is 2.43. The first-order chi connectivity index (χ1) is 10.8. The molecule has 0 bridgehead atoms. The minimum atomic E-state index is -3.89. The van der Waals surface area contributed by atoms with Crippen LogP contribution in [0.2, 0.25) is 0 Å². The van der Waals surface area contributed by atoms with Crippen LogP contribution in [0.4, 0.5) is 5.69 Å². The summed E-state index contributed by atoms with van der Waals surface area (Å²) in [5.74, 6) is -4.10. The lowest BCUT2D eigenvalue weighted by Gasteiger charge is -2.07. The number of carboxylic acid groups (broad SMARTS) is 1. The zero-order chi connectivity index (χ0) is 17.3. The van der Waals surface area contributed by atoms with Crippen LogP contribution < -0.4 is 10.6 Å². The molecule has 0 fully saturated rings. The van der Waals surface area contributed by atoms with E-state index in [0.717, 1.165) is 0 Å². The Hall–Kier alpha value is -2.42. The second-order valence-electron chi connectivity index (χ2n) is 4.79. The molecule has 2 amide bonds. The number of amides is 2. The lowest BCUT2D eigenvalue weighted by atomic mass is 10.3. The number of carboxylic acids is 1. The van der Waals surface area contributed by atoms with Crippen molar-refractivity contribution in [1.29, 1.82) is 0 Å². The molecule has 23 heavy (non-hydrogen) atoms. The van der Waals surface area contributed by atoms with E-state index in [2.05, 4.69) is 10.6 Å². The largest absolute Gasteiger partial charge is 0.481 e. The highest BCUT2D eigenvalue weighted by Gasteiger charge is 2.20. The Morgan fingerprint density at radius 3 is 2.22 bits per heavy atom. The number of sulfone groups is 1. The molecule has 0 saturated carbocycles. The maximum atomic E-state index is 11.8. The zero-order valence-corrected chi connectivity index (χ0v) is 13.1. The minimum absolute atomic E-state index is 0.0663. The van der Waals surface area contributed by atoms with E-state index < -0.39 is 39.1 Å². The molecular weight excluding hydrogens is 324 g/mol. The highest BCUT2D eigenvalue weighted by molar-refractivity contribution is 7.92. The summed E-state index contributed by atoms with van der Waals surface area (Å²) in [4.78, 5) is 33.4. The fourth-order valence-corrected chi connectivity index (χ4v) is 2.76. The maximum absolute atomic E-state index is 11.8. The molecule has 126 valence electrons. The van der Waals surface area contributed by atoms with Crippen molar-refractivity contribution in [2.24, 2.45) is 0 Å². The Morgan fingerprint density at radius 2 is 1.61 bits per heavy atom. The lowest BCUT2D eigenvalue weighted by molar-refractivity contribution is -0.137. The van der Waals surface area contributed by atoms with Crippen LogP contribution >= 0.6 is 0 Å². The molecule has 8 nitrogen and oxygen atoms in total. The van der Waals surface area contributed by atoms with Crippen LogP contribution in [0.25, 0.3) is 0 Å². The number of carbonyl (C=O) groups excluding carboxylic acids is 2. The van der Waals surface area contributed by atoms with Gasteiger partial charge in [-0.05, 0) is 18.6 Å². The van der Waals surface area contributed by atoms with Gasteiger partial charge in [-0.2, -0.15) is 0 Å². The van der Waals surface area contributed by atoms with Gasteiger partial charge < -0.3 is 15.7 Å². The van der Waals surface area contributed by atoms with Crippen LogP contribution in [0.5, 0.6) is 0 Å². The number of anilines is 1. The van der Waals surface area contributed by atoms with Crippen molar-refractivity contribution in [2.75, 3.05) is 23.4 Å². The molecular formula is C14H18N2O6S. The first-order valence-corrected chi connectivity index (χ1v) is 8.64. The maximum Gasteiger partial charge on any atom is 0.303 e. The van der Waals surface area contributed by atoms with E-state index in [4.69, 9.17) is 5.11 Å². The number of para-hydroxylation sites is 1. The molecule has 0 aliphatic rings. The minimum Gasteiger partial charge on any atom is -0.481 e. The number of nitrogens with one attached hydrogen (secondary N) is 2. The third kappa shape index (κ3) is 8.57. The van der Waals surface area contributed by atoms with Crippen molar-refractivity contribution in [1.82, 2.24) is 5.32 Å². The van der Waals surface area contributed by atoms with Crippen LogP contribution in [0.3, 0.4) is 0 Å². The third-order valence-electron chi connectivity index (χ3n) is 2.65. The van der Waals surface area contributed by atoms with Gasteiger partial charge in [-0.15, -0.1) is 0 Å². The second kappa shape index (κ2) is 8.89. The monoisotopic (exact) mass is 342 g/mol. The molecule has 0 radical (unpaired) electrons. The predicted octanol–water partition coefficient (Wildman–Crippen LogP) is 0.0209. The van der Waals surface area contributed by atoms with E-state index in [1.807, 2.05) is 0 Å². The summed E-state index contributed by atoms with van der Waals surface area (Å²) in [6, 6.07) is 8.35. The fraction of sp³-hybridized carbons (Fsp3) is 0.357. The number of carbonyl (C=O) groups is 3. The van der Waals surface area contributed by atoms with Crippen molar-refractivity contribution in [3.8, 4) is 0 Å². The van der Waals surface area contributed by atoms with E-state index in [-0.39, 0.29) is 19.4 Å². The van der Waals surface area contributed by atoms with Gasteiger partial charge in [-0.3, -0.25) is 14.4 Å². The molecule has 0 spiro atoms. The fourth-order valence-electron chi connectivity index (χ4n) is 1.69. The average molecular weight is 342 g/mol. The highest BCUT2D eigenvalue weighted by atomic mass is 32.2. The number of benzene rings is 1. The van der Waals surface area contributed by atoms with Gasteiger partial charge in [0.15, 0.2) is 9.84 Å². The van der Waals surface area contributed by atoms with Gasteiger partial charge in [-0.1, -0.05) is 18.2 Å². The topological polar surface area (TPSA) is 130 Å². The molecule has 3 N–H and O–H groups in total. The molecule has 1 aromatic carbocycles. The predicted molar refractivity (Wildman–Crippen MR) is 83.6 cm³/mol. The first-order valence-electron chi connectivity index (χ1n) is 6.82. The lowest BCUT2D eigenvalue weighted by Crippen LogP contribution is -2.34.